The molecule has 0 unspecified atom stereocenters. The van der Waals surface area contributed by atoms with E-state index in [-0.39, 0.29) is 5.91 Å². The van der Waals surface area contributed by atoms with Gasteiger partial charge in [-0.2, -0.15) is 0 Å². The maximum Gasteiger partial charge on any atom is 0.238 e. The van der Waals surface area contributed by atoms with Gasteiger partial charge in [0.05, 0.1) is 11.9 Å². The fourth-order valence-corrected chi connectivity index (χ4v) is 3.51. The van der Waals surface area contributed by atoms with Gasteiger partial charge >= 0.3 is 0 Å². The van der Waals surface area contributed by atoms with Crippen molar-refractivity contribution in [1.82, 2.24) is 19.5 Å². The molecule has 4 aromatic rings. The molecule has 0 aliphatic heterocycles. The van der Waals surface area contributed by atoms with E-state index in [1.165, 1.54) is 6.33 Å². The molecule has 0 spiro atoms. The number of nitrogens with two attached hydrogens (primary N) is 1. The van der Waals surface area contributed by atoms with Gasteiger partial charge in [-0.15, -0.1) is 0 Å². The molecule has 0 bridgehead atoms. The van der Waals surface area contributed by atoms with Crippen molar-refractivity contribution < 1.29 is 9.53 Å². The van der Waals surface area contributed by atoms with Crippen LogP contribution in [0.3, 0.4) is 0 Å². The van der Waals surface area contributed by atoms with E-state index in [4.69, 9.17) is 10.5 Å². The predicted octanol–water partition coefficient (Wildman–Crippen LogP) is 3.52. The highest BCUT2D eigenvalue weighted by Crippen LogP contribution is 2.34. The van der Waals surface area contributed by atoms with E-state index in [0.717, 1.165) is 22.6 Å². The summed E-state index contributed by atoms with van der Waals surface area (Å²) in [5.41, 5.74) is 8.60. The van der Waals surface area contributed by atoms with Gasteiger partial charge in [-0.25, -0.2) is 19.7 Å². The standard InChI is InChI=1S/C24H26N6O2/c1-17(31)29(14-13-28(2)3)30-15-21(22-23(25)26-16-27-24(22)30)18-9-11-20(12-10-18)32-19-7-5-4-6-8-19/h4-12,15-16H,13-14H2,1-3H3,(H2,25,26,27). The van der Waals surface area contributed by atoms with Gasteiger partial charge in [0.2, 0.25) is 5.91 Å². The summed E-state index contributed by atoms with van der Waals surface area (Å²) in [4.78, 5) is 23.1. The third kappa shape index (κ3) is 4.40. The molecule has 8 heteroatoms. The van der Waals surface area contributed by atoms with Crippen LogP contribution in [0.5, 0.6) is 11.5 Å². The number of nitrogens with zero attached hydrogens (tertiary/aromatic N) is 5. The van der Waals surface area contributed by atoms with Crippen molar-refractivity contribution in [2.75, 3.05) is 37.9 Å². The number of anilines is 1. The van der Waals surface area contributed by atoms with Gasteiger partial charge in [0, 0.05) is 25.2 Å². The van der Waals surface area contributed by atoms with E-state index >= 15 is 0 Å². The van der Waals surface area contributed by atoms with Crippen molar-refractivity contribution in [2.24, 2.45) is 0 Å². The lowest BCUT2D eigenvalue weighted by Crippen LogP contribution is -2.42. The van der Waals surface area contributed by atoms with Crippen molar-refractivity contribution in [3.05, 3.63) is 67.1 Å². The van der Waals surface area contributed by atoms with Crippen LogP contribution < -0.4 is 15.5 Å². The zero-order valence-electron chi connectivity index (χ0n) is 18.4. The number of aromatic nitrogens is 3. The zero-order valence-corrected chi connectivity index (χ0v) is 18.4. The number of nitrogen functional groups attached to an aromatic ring is 1. The summed E-state index contributed by atoms with van der Waals surface area (Å²) in [6.45, 7) is 2.77. The first-order valence-corrected chi connectivity index (χ1v) is 10.3. The topological polar surface area (TPSA) is 89.5 Å². The zero-order chi connectivity index (χ0) is 22.7. The van der Waals surface area contributed by atoms with Crippen molar-refractivity contribution in [2.45, 2.75) is 6.92 Å². The summed E-state index contributed by atoms with van der Waals surface area (Å²) < 4.78 is 7.66. The molecule has 2 aromatic heterocycles. The highest BCUT2D eigenvalue weighted by molar-refractivity contribution is 6.01. The highest BCUT2D eigenvalue weighted by Gasteiger charge is 2.20. The van der Waals surface area contributed by atoms with E-state index in [2.05, 4.69) is 9.97 Å². The summed E-state index contributed by atoms with van der Waals surface area (Å²) in [5, 5.41) is 2.37. The number of carbonyl (C=O) groups excluding carboxylic acids is 1. The van der Waals surface area contributed by atoms with Gasteiger partial charge in [0.25, 0.3) is 0 Å². The van der Waals surface area contributed by atoms with Crippen LogP contribution in [0.1, 0.15) is 6.92 Å². The van der Waals surface area contributed by atoms with Crippen LogP contribution in [0.2, 0.25) is 0 Å². The Hall–Kier alpha value is -3.91. The Bertz CT molecular complexity index is 1220. The largest absolute Gasteiger partial charge is 0.457 e. The molecule has 2 N–H and O–H groups in total. The van der Waals surface area contributed by atoms with E-state index in [1.807, 2.05) is 79.8 Å². The Morgan fingerprint density at radius 3 is 2.34 bits per heavy atom. The Kier molecular flexibility index (Phi) is 6.04. The first kappa shape index (κ1) is 21.3. The fraction of sp³-hybridized carbons (Fsp3) is 0.208. The normalized spacial score (nSPS) is 11.1. The van der Waals surface area contributed by atoms with Gasteiger partial charge in [0.15, 0.2) is 5.65 Å². The average molecular weight is 431 g/mol. The number of rotatable bonds is 7. The number of likely N-dealkylation sites (N-methyl/N-ethyl adjacent to an activating group) is 1. The summed E-state index contributed by atoms with van der Waals surface area (Å²) in [6, 6.07) is 17.3. The SMILES string of the molecule is CC(=O)N(CCN(C)C)n1cc(-c2ccc(Oc3ccccc3)cc2)c2c(N)ncnc21. The molecule has 0 radical (unpaired) electrons. The molecule has 0 atom stereocenters. The summed E-state index contributed by atoms with van der Waals surface area (Å²) >= 11 is 0. The minimum Gasteiger partial charge on any atom is -0.457 e. The van der Waals surface area contributed by atoms with Crippen molar-refractivity contribution in [3.8, 4) is 22.6 Å². The van der Waals surface area contributed by atoms with E-state index in [1.54, 1.807) is 16.6 Å². The number of ether oxygens (including phenoxy) is 1. The molecule has 1 amide bonds. The minimum atomic E-state index is -0.0842. The maximum atomic E-state index is 12.4. The van der Waals surface area contributed by atoms with Gasteiger partial charge in [-0.05, 0) is 43.9 Å². The monoisotopic (exact) mass is 430 g/mol. The molecule has 2 aromatic carbocycles. The van der Waals surface area contributed by atoms with Crippen molar-refractivity contribution in [1.29, 1.82) is 0 Å². The molecule has 0 saturated carbocycles. The smallest absolute Gasteiger partial charge is 0.238 e. The number of hydrogen-bond donors (Lipinski definition) is 1. The molecule has 0 fully saturated rings. The molecule has 164 valence electrons. The third-order valence-corrected chi connectivity index (χ3v) is 5.12. The number of carbonyl (C=O) groups is 1. The molecule has 32 heavy (non-hydrogen) atoms. The van der Waals surface area contributed by atoms with Crippen LogP contribution in [0.15, 0.2) is 67.1 Å². The quantitative estimate of drug-likeness (QED) is 0.483. The van der Waals surface area contributed by atoms with Crippen LogP contribution in [0, 0.1) is 0 Å². The second-order valence-electron chi connectivity index (χ2n) is 7.73. The van der Waals surface area contributed by atoms with Crippen LogP contribution in [0.25, 0.3) is 22.2 Å². The number of hydrogen-bond acceptors (Lipinski definition) is 6. The highest BCUT2D eigenvalue weighted by atomic mass is 16.5. The fourth-order valence-electron chi connectivity index (χ4n) is 3.51. The molecule has 8 nitrogen and oxygen atoms in total. The summed E-state index contributed by atoms with van der Waals surface area (Å²) in [7, 11) is 3.94. The van der Waals surface area contributed by atoms with Crippen molar-refractivity contribution in [3.63, 3.8) is 0 Å². The molecular weight excluding hydrogens is 404 g/mol. The number of para-hydroxylation sites is 1. The predicted molar refractivity (Wildman–Crippen MR) is 126 cm³/mol. The second kappa shape index (κ2) is 9.07. The number of fused-ring (bicyclic) bond motifs is 1. The second-order valence-corrected chi connectivity index (χ2v) is 7.73. The molecular formula is C24H26N6O2. The molecule has 2 heterocycles. The lowest BCUT2D eigenvalue weighted by molar-refractivity contribution is -0.118. The van der Waals surface area contributed by atoms with Crippen molar-refractivity contribution >= 4 is 22.8 Å². The Morgan fingerprint density at radius 2 is 1.69 bits per heavy atom. The van der Waals surface area contributed by atoms with E-state index in [9.17, 15) is 4.79 Å². The molecule has 4 rings (SSSR count). The lowest BCUT2D eigenvalue weighted by Gasteiger charge is -2.24. The first-order chi connectivity index (χ1) is 15.4. The van der Waals surface area contributed by atoms with Crippen LogP contribution >= 0.6 is 0 Å². The van der Waals surface area contributed by atoms with Crippen LogP contribution in [0.4, 0.5) is 5.82 Å². The number of amides is 1. The Labute approximate surface area is 186 Å². The van der Waals surface area contributed by atoms with Crippen LogP contribution in [-0.2, 0) is 4.79 Å². The van der Waals surface area contributed by atoms with Gasteiger partial charge in [0.1, 0.15) is 23.6 Å². The van der Waals surface area contributed by atoms with Crippen LogP contribution in [-0.4, -0.2) is 52.6 Å². The van der Waals surface area contributed by atoms with E-state index in [0.29, 0.717) is 29.9 Å². The third-order valence-electron chi connectivity index (χ3n) is 5.12. The van der Waals surface area contributed by atoms with Gasteiger partial charge in [-0.3, -0.25) is 4.79 Å². The number of benzene rings is 2. The maximum absolute atomic E-state index is 12.4. The lowest BCUT2D eigenvalue weighted by atomic mass is 10.1. The average Bonchev–Trinajstić information content (AvgIpc) is 3.15. The first-order valence-electron chi connectivity index (χ1n) is 10.3. The summed E-state index contributed by atoms with van der Waals surface area (Å²) in [5.74, 6) is 1.78. The summed E-state index contributed by atoms with van der Waals surface area (Å²) in [6.07, 6.45) is 3.30. The molecule has 0 aliphatic rings. The van der Waals surface area contributed by atoms with Gasteiger partial charge in [-0.1, -0.05) is 30.3 Å². The Balaban J connectivity index is 1.73. The Morgan fingerprint density at radius 1 is 1.00 bits per heavy atom. The minimum absolute atomic E-state index is 0.0842. The van der Waals surface area contributed by atoms with Gasteiger partial charge < -0.3 is 15.4 Å². The van der Waals surface area contributed by atoms with E-state index < -0.39 is 0 Å². The molecule has 0 saturated heterocycles. The molecule has 0 aliphatic carbocycles.